The van der Waals surface area contributed by atoms with Crippen molar-refractivity contribution in [3.8, 4) is 22.5 Å². The third-order valence-electron chi connectivity index (χ3n) is 10.4. The summed E-state index contributed by atoms with van der Waals surface area (Å²) in [5, 5.41) is 4.59. The van der Waals surface area contributed by atoms with Crippen molar-refractivity contribution in [2.45, 2.75) is 94.6 Å². The molecule has 1 aliphatic heterocycles. The lowest BCUT2D eigenvalue weighted by Crippen LogP contribution is -2.09. The van der Waals surface area contributed by atoms with Crippen molar-refractivity contribution in [2.24, 2.45) is 4.99 Å². The van der Waals surface area contributed by atoms with E-state index in [-0.39, 0.29) is 39.0 Å². The van der Waals surface area contributed by atoms with E-state index in [1.165, 1.54) is 12.1 Å². The summed E-state index contributed by atoms with van der Waals surface area (Å²) in [7, 11) is -11.8. The maximum Gasteiger partial charge on any atom is 0.296 e. The summed E-state index contributed by atoms with van der Waals surface area (Å²) in [5.74, 6) is -0.441. The summed E-state index contributed by atoms with van der Waals surface area (Å²) in [6.45, 7) is 15.8. The molecule has 0 aromatic heterocycles. The first-order valence-corrected chi connectivity index (χ1v) is 23.9. The smallest absolute Gasteiger partial charge is 0.296 e. The van der Waals surface area contributed by atoms with E-state index in [1.54, 1.807) is 66.7 Å². The second-order valence-electron chi connectivity index (χ2n) is 16.1. The van der Waals surface area contributed by atoms with Gasteiger partial charge in [0.1, 0.15) is 22.0 Å². The third-order valence-corrected chi connectivity index (χ3v) is 13.3. The quantitative estimate of drug-likeness (QED) is 0.0569. The minimum absolute atomic E-state index is 0.0563. The average Bonchev–Trinajstić information content (AvgIpc) is 3.15. The molecule has 12 nitrogen and oxygen atoms in total. The predicted octanol–water partition coefficient (Wildman–Crippen LogP) is 10.6. The van der Waals surface area contributed by atoms with Gasteiger partial charge in [-0.25, -0.2) is 4.99 Å². The summed E-state index contributed by atoms with van der Waals surface area (Å²) < 4.78 is 106. The summed E-state index contributed by atoms with van der Waals surface area (Å²) >= 11 is 0. The van der Waals surface area contributed by atoms with Gasteiger partial charge in [0, 0.05) is 45.6 Å². The number of hydrogen-bond acceptors (Lipinski definition) is 10. The Labute approximate surface area is 352 Å². The number of benzene rings is 5. The molecule has 60 heavy (non-hydrogen) atoms. The molecule has 4 aromatic rings. The lowest BCUT2D eigenvalue weighted by molar-refractivity contribution is 0.397. The van der Waals surface area contributed by atoms with Gasteiger partial charge in [0.15, 0.2) is 0 Å². The van der Waals surface area contributed by atoms with Crippen LogP contribution in [-0.4, -0.2) is 41.5 Å². The Morgan fingerprint density at radius 2 is 1.27 bits per heavy atom. The van der Waals surface area contributed by atoms with Crippen molar-refractivity contribution < 1.29 is 43.0 Å². The van der Waals surface area contributed by atoms with E-state index in [4.69, 9.17) is 13.6 Å². The Bertz CT molecular complexity index is 2950. The molecule has 0 saturated carbocycles. The monoisotopic (exact) mass is 874 g/mol. The van der Waals surface area contributed by atoms with E-state index in [0.717, 1.165) is 35.1 Å². The lowest BCUT2D eigenvalue weighted by atomic mass is 9.90. The highest BCUT2D eigenvalue weighted by molar-refractivity contribution is 7.86. The van der Waals surface area contributed by atoms with Gasteiger partial charge in [0.2, 0.25) is 0 Å². The molecular formula is C45H50N2O10S3. The average molecular weight is 875 g/mol. The van der Waals surface area contributed by atoms with Gasteiger partial charge in [-0.1, -0.05) is 85.7 Å². The Kier molecular flexibility index (Phi) is 12.6. The Morgan fingerprint density at radius 3 is 1.80 bits per heavy atom. The van der Waals surface area contributed by atoms with Gasteiger partial charge in [-0.05, 0) is 94.0 Å². The molecule has 1 aliphatic carbocycles. The van der Waals surface area contributed by atoms with E-state index in [0.29, 0.717) is 50.2 Å². The molecule has 318 valence electrons. The summed E-state index contributed by atoms with van der Waals surface area (Å²) in [5.41, 5.74) is 7.25. The van der Waals surface area contributed by atoms with Gasteiger partial charge in [0.25, 0.3) is 30.4 Å². The highest BCUT2D eigenvalue weighted by atomic mass is 32.2. The summed E-state index contributed by atoms with van der Waals surface area (Å²) in [6, 6.07) is 23.7. The van der Waals surface area contributed by atoms with Crippen LogP contribution in [0.1, 0.15) is 107 Å². The standard InChI is InChI=1S/C45H50N2O10S3/c1-25(2)36-18-29(24-58(48,49)50)19-37(26(3)4)44(36)46-30-14-16-33-40(20-30)57-41-21-31(15-17-34(41)43(33)35-12-10-11-13-42(35)59(51,52)53)47-45-38(27(5)6)22-32(60(54,55)56-9)23-39(45)28(7)8/h10-23,25-28,47H,24H2,1-9H3,(H,48,49,50)(H,51,52,53). The van der Waals surface area contributed by atoms with Crippen LogP contribution in [0, 0.1) is 0 Å². The van der Waals surface area contributed by atoms with E-state index in [9.17, 15) is 34.4 Å². The molecule has 3 N–H and O–H groups in total. The second-order valence-corrected chi connectivity index (χ2v) is 20.7. The number of rotatable bonds is 13. The molecule has 0 spiro atoms. The molecule has 15 heteroatoms. The number of hydrogen-bond donors (Lipinski definition) is 3. The molecule has 0 radical (unpaired) electrons. The van der Waals surface area contributed by atoms with Gasteiger partial charge >= 0.3 is 0 Å². The first kappa shape index (κ1) is 44.6. The van der Waals surface area contributed by atoms with Crippen molar-refractivity contribution in [2.75, 3.05) is 12.4 Å². The van der Waals surface area contributed by atoms with Crippen LogP contribution in [0.2, 0.25) is 0 Å². The normalized spacial score (nSPS) is 13.2. The Balaban J connectivity index is 1.64. The van der Waals surface area contributed by atoms with Crippen molar-refractivity contribution in [3.05, 3.63) is 118 Å². The molecule has 6 rings (SSSR count). The van der Waals surface area contributed by atoms with Gasteiger partial charge in [-0.3, -0.25) is 13.3 Å². The van der Waals surface area contributed by atoms with E-state index in [2.05, 4.69) is 5.32 Å². The number of anilines is 2. The maximum absolute atomic E-state index is 12.8. The highest BCUT2D eigenvalue weighted by Crippen LogP contribution is 2.44. The number of fused-ring (bicyclic) bond motifs is 2. The van der Waals surface area contributed by atoms with Crippen LogP contribution < -0.4 is 10.7 Å². The predicted molar refractivity (Wildman–Crippen MR) is 235 cm³/mol. The van der Waals surface area contributed by atoms with E-state index < -0.39 is 36.1 Å². The van der Waals surface area contributed by atoms with Crippen LogP contribution in [0.5, 0.6) is 0 Å². The topological polar surface area (TPSA) is 190 Å². The maximum atomic E-state index is 12.8. The van der Waals surface area contributed by atoms with Gasteiger partial charge in [-0.15, -0.1) is 0 Å². The minimum atomic E-state index is -4.67. The minimum Gasteiger partial charge on any atom is -0.456 e. The summed E-state index contributed by atoms with van der Waals surface area (Å²) in [4.78, 5) is 4.87. The Morgan fingerprint density at radius 1 is 0.683 bits per heavy atom. The first-order chi connectivity index (χ1) is 28.0. The molecule has 0 fully saturated rings. The van der Waals surface area contributed by atoms with Crippen molar-refractivity contribution in [1.29, 1.82) is 0 Å². The molecule has 0 saturated heterocycles. The van der Waals surface area contributed by atoms with Crippen molar-refractivity contribution in [1.82, 2.24) is 0 Å². The van der Waals surface area contributed by atoms with Crippen molar-refractivity contribution >= 4 is 58.4 Å². The van der Waals surface area contributed by atoms with Gasteiger partial charge < -0.3 is 9.73 Å². The van der Waals surface area contributed by atoms with E-state index in [1.807, 2.05) is 61.5 Å². The van der Waals surface area contributed by atoms with Crippen LogP contribution >= 0.6 is 0 Å². The molecule has 0 atom stereocenters. The van der Waals surface area contributed by atoms with Gasteiger partial charge in [-0.2, -0.15) is 25.3 Å². The van der Waals surface area contributed by atoms with Crippen LogP contribution in [-0.2, 0) is 40.3 Å². The molecule has 1 heterocycles. The van der Waals surface area contributed by atoms with Crippen LogP contribution in [0.3, 0.4) is 0 Å². The zero-order valence-corrected chi connectivity index (χ0v) is 37.4. The summed E-state index contributed by atoms with van der Waals surface area (Å²) in [6.07, 6.45) is 0. The van der Waals surface area contributed by atoms with Crippen LogP contribution in [0.4, 0.5) is 17.1 Å². The fraction of sp³-hybridized carbons (Fsp3) is 0.311. The lowest BCUT2D eigenvalue weighted by Gasteiger charge is -2.23. The zero-order chi connectivity index (χ0) is 44.1. The Hall–Kier alpha value is -4.90. The number of nitrogens with zero attached hydrogens (tertiary/aromatic N) is 1. The SMILES string of the molecule is COS(=O)(=O)c1cc(C(C)C)c(Nc2ccc3c(-c4ccccc4S(=O)(=O)O)c4ccc(=Nc5c(C(C)C)cc(CS(=O)(=O)O)cc5C(C)C)cc-4oc3c2)c(C(C)C)c1. The largest absolute Gasteiger partial charge is 0.456 e. The first-order valence-electron chi connectivity index (χ1n) is 19.5. The van der Waals surface area contributed by atoms with Gasteiger partial charge in [0.05, 0.1) is 23.0 Å². The fourth-order valence-corrected chi connectivity index (χ4v) is 9.51. The number of nitrogens with one attached hydrogen (secondary N) is 1. The second kappa shape index (κ2) is 16.9. The molecule has 0 bridgehead atoms. The molecule has 2 aliphatic rings. The molecule has 4 aromatic carbocycles. The van der Waals surface area contributed by atoms with E-state index >= 15 is 0 Å². The zero-order valence-electron chi connectivity index (χ0n) is 34.9. The highest BCUT2D eigenvalue weighted by Gasteiger charge is 2.26. The molecule has 0 amide bonds. The molecule has 0 unspecified atom stereocenters. The fourth-order valence-electron chi connectivity index (χ4n) is 7.49. The molecular weight excluding hydrogens is 825 g/mol. The third kappa shape index (κ3) is 9.36. The van der Waals surface area contributed by atoms with Crippen LogP contribution in [0.25, 0.3) is 33.4 Å². The van der Waals surface area contributed by atoms with Crippen LogP contribution in [0.15, 0.2) is 104 Å². The van der Waals surface area contributed by atoms with Crippen molar-refractivity contribution in [3.63, 3.8) is 0 Å².